The molecule has 0 aliphatic carbocycles. The molecule has 0 atom stereocenters. The monoisotopic (exact) mass is 480 g/mol. The molecular weight excluding hydrogens is 456 g/mol. The van der Waals surface area contributed by atoms with Gasteiger partial charge in [0.15, 0.2) is 0 Å². The molecule has 0 unspecified atom stereocenters. The Morgan fingerprint density at radius 1 is 1.07 bits per heavy atom. The summed E-state index contributed by atoms with van der Waals surface area (Å²) in [5.74, 6) is -0.0826. The molecule has 3 rings (SSSR count). The molecule has 1 fully saturated rings. The van der Waals surface area contributed by atoms with E-state index < -0.39 is 10.0 Å². The highest BCUT2D eigenvalue weighted by atomic mass is 79.9. The molecular formula is C21H25BrN2O4S. The van der Waals surface area contributed by atoms with Gasteiger partial charge in [-0.2, -0.15) is 4.31 Å². The maximum atomic E-state index is 12.8. The average Bonchev–Trinajstić information content (AvgIpc) is 2.72. The van der Waals surface area contributed by atoms with Crippen LogP contribution in [0.4, 0.5) is 0 Å². The fraction of sp³-hybridized carbons (Fsp3) is 0.381. The summed E-state index contributed by atoms with van der Waals surface area (Å²) in [5, 5.41) is 0. The van der Waals surface area contributed by atoms with E-state index in [0.29, 0.717) is 25.3 Å². The summed E-state index contributed by atoms with van der Waals surface area (Å²) in [6, 6.07) is 14.0. The van der Waals surface area contributed by atoms with E-state index in [1.807, 2.05) is 26.0 Å². The number of ether oxygens (including phenoxy) is 1. The summed E-state index contributed by atoms with van der Waals surface area (Å²) in [7, 11) is -3.57. The largest absolute Gasteiger partial charge is 0.374 e. The Morgan fingerprint density at radius 2 is 1.72 bits per heavy atom. The Kier molecular flexibility index (Phi) is 7.10. The molecule has 0 aromatic heterocycles. The summed E-state index contributed by atoms with van der Waals surface area (Å²) in [4.78, 5) is 14.7. The minimum Gasteiger partial charge on any atom is -0.374 e. The lowest BCUT2D eigenvalue weighted by Gasteiger charge is -2.34. The fourth-order valence-corrected chi connectivity index (χ4v) is 5.12. The van der Waals surface area contributed by atoms with Crippen LogP contribution in [0.25, 0.3) is 0 Å². The van der Waals surface area contributed by atoms with Crippen molar-refractivity contribution in [2.24, 2.45) is 0 Å². The number of carbonyl (C=O) groups is 1. The van der Waals surface area contributed by atoms with Crippen molar-refractivity contribution in [2.75, 3.05) is 26.2 Å². The molecule has 0 radical (unpaired) electrons. The van der Waals surface area contributed by atoms with Crippen LogP contribution in [0.5, 0.6) is 0 Å². The number of amides is 1. The number of hydrogen-bond donors (Lipinski definition) is 0. The summed E-state index contributed by atoms with van der Waals surface area (Å²) in [5.41, 5.74) is 1.61. The van der Waals surface area contributed by atoms with Crippen LogP contribution in [0.2, 0.25) is 0 Å². The quantitative estimate of drug-likeness (QED) is 0.634. The van der Waals surface area contributed by atoms with Crippen LogP contribution in [0.15, 0.2) is 57.9 Å². The SMILES string of the molecule is CC(C)OCc1ccc(C(=O)N2CCN(S(=O)(=O)c3cccc(Br)c3)CC2)cc1. The van der Waals surface area contributed by atoms with E-state index in [1.165, 1.54) is 4.31 Å². The highest BCUT2D eigenvalue weighted by Crippen LogP contribution is 2.21. The van der Waals surface area contributed by atoms with E-state index in [9.17, 15) is 13.2 Å². The van der Waals surface area contributed by atoms with Gasteiger partial charge < -0.3 is 9.64 Å². The van der Waals surface area contributed by atoms with Crippen LogP contribution in [0.1, 0.15) is 29.8 Å². The number of benzene rings is 2. The molecule has 2 aromatic rings. The third-order valence-corrected chi connectivity index (χ3v) is 7.13. The summed E-state index contributed by atoms with van der Waals surface area (Å²) >= 11 is 3.31. The number of piperazine rings is 1. The molecule has 2 aromatic carbocycles. The van der Waals surface area contributed by atoms with Gasteiger partial charge in [-0.3, -0.25) is 4.79 Å². The van der Waals surface area contributed by atoms with Gasteiger partial charge in [-0.1, -0.05) is 34.1 Å². The molecule has 1 amide bonds. The van der Waals surface area contributed by atoms with Gasteiger partial charge in [-0.15, -0.1) is 0 Å². The number of nitrogens with zero attached hydrogens (tertiary/aromatic N) is 2. The lowest BCUT2D eigenvalue weighted by molar-refractivity contribution is 0.0654. The fourth-order valence-electron chi connectivity index (χ4n) is 3.10. The molecule has 0 saturated carbocycles. The van der Waals surface area contributed by atoms with Gasteiger partial charge in [-0.25, -0.2) is 8.42 Å². The number of halogens is 1. The Labute approximate surface area is 180 Å². The lowest BCUT2D eigenvalue weighted by Crippen LogP contribution is -2.50. The number of rotatable bonds is 6. The van der Waals surface area contributed by atoms with Gasteiger partial charge in [0.05, 0.1) is 17.6 Å². The van der Waals surface area contributed by atoms with Crippen LogP contribution < -0.4 is 0 Å². The zero-order valence-electron chi connectivity index (χ0n) is 16.5. The van der Waals surface area contributed by atoms with Crippen molar-refractivity contribution in [1.82, 2.24) is 9.21 Å². The van der Waals surface area contributed by atoms with Crippen LogP contribution in [0, 0.1) is 0 Å². The van der Waals surface area contributed by atoms with E-state index in [2.05, 4.69) is 15.9 Å². The maximum Gasteiger partial charge on any atom is 0.253 e. The van der Waals surface area contributed by atoms with E-state index >= 15 is 0 Å². The number of hydrogen-bond acceptors (Lipinski definition) is 4. The standard InChI is InChI=1S/C21H25BrN2O4S/c1-16(2)28-15-17-6-8-18(9-7-17)21(25)23-10-12-24(13-11-23)29(26,27)20-5-3-4-19(22)14-20/h3-9,14,16H,10-13,15H2,1-2H3. The summed E-state index contributed by atoms with van der Waals surface area (Å²) < 4.78 is 33.4. The van der Waals surface area contributed by atoms with Crippen LogP contribution in [0.3, 0.4) is 0 Å². The topological polar surface area (TPSA) is 66.9 Å². The first-order chi connectivity index (χ1) is 13.8. The molecule has 0 spiro atoms. The summed E-state index contributed by atoms with van der Waals surface area (Å²) in [6.45, 7) is 5.76. The van der Waals surface area contributed by atoms with Crippen molar-refractivity contribution in [2.45, 2.75) is 31.5 Å². The molecule has 1 aliphatic rings. The molecule has 29 heavy (non-hydrogen) atoms. The van der Waals surface area contributed by atoms with Crippen molar-refractivity contribution in [1.29, 1.82) is 0 Å². The molecule has 8 heteroatoms. The average molecular weight is 481 g/mol. The molecule has 0 N–H and O–H groups in total. The van der Waals surface area contributed by atoms with Crippen molar-refractivity contribution >= 4 is 31.9 Å². The summed E-state index contributed by atoms with van der Waals surface area (Å²) in [6.07, 6.45) is 0.154. The first-order valence-electron chi connectivity index (χ1n) is 9.53. The van der Waals surface area contributed by atoms with Crippen LogP contribution >= 0.6 is 15.9 Å². The second kappa shape index (κ2) is 9.38. The van der Waals surface area contributed by atoms with Crippen molar-refractivity contribution < 1.29 is 17.9 Å². The first kappa shape index (κ1) is 22.0. The third-order valence-electron chi connectivity index (χ3n) is 4.74. The molecule has 1 aliphatic heterocycles. The zero-order valence-corrected chi connectivity index (χ0v) is 18.9. The smallest absolute Gasteiger partial charge is 0.253 e. The van der Waals surface area contributed by atoms with Crippen molar-refractivity contribution in [3.8, 4) is 0 Å². The predicted molar refractivity (Wildman–Crippen MR) is 115 cm³/mol. The first-order valence-corrected chi connectivity index (χ1v) is 11.8. The van der Waals surface area contributed by atoms with Crippen molar-refractivity contribution in [3.63, 3.8) is 0 Å². The molecule has 1 heterocycles. The minimum atomic E-state index is -3.57. The van der Waals surface area contributed by atoms with E-state index in [4.69, 9.17) is 4.74 Å². The maximum absolute atomic E-state index is 12.8. The van der Waals surface area contributed by atoms with Gasteiger partial charge in [-0.05, 0) is 49.7 Å². The Morgan fingerprint density at radius 3 is 2.31 bits per heavy atom. The second-order valence-corrected chi connectivity index (χ2v) is 10.1. The van der Waals surface area contributed by atoms with Crippen molar-refractivity contribution in [3.05, 3.63) is 64.1 Å². The minimum absolute atomic E-state index is 0.0826. The van der Waals surface area contributed by atoms with E-state index in [0.717, 1.165) is 10.0 Å². The van der Waals surface area contributed by atoms with Gasteiger partial charge in [0.25, 0.3) is 5.91 Å². The number of carbonyl (C=O) groups excluding carboxylic acids is 1. The second-order valence-electron chi connectivity index (χ2n) is 7.21. The predicted octanol–water partition coefficient (Wildman–Crippen LogP) is 3.52. The molecule has 0 bridgehead atoms. The van der Waals surface area contributed by atoms with E-state index in [1.54, 1.807) is 41.3 Å². The molecule has 1 saturated heterocycles. The normalized spacial score (nSPS) is 15.7. The third kappa shape index (κ3) is 5.45. The Hall–Kier alpha value is -1.74. The number of sulfonamides is 1. The molecule has 156 valence electrons. The highest BCUT2D eigenvalue weighted by Gasteiger charge is 2.30. The Balaban J connectivity index is 1.61. The van der Waals surface area contributed by atoms with E-state index in [-0.39, 0.29) is 30.0 Å². The van der Waals surface area contributed by atoms with Gasteiger partial charge in [0, 0.05) is 36.2 Å². The zero-order chi connectivity index (χ0) is 21.0. The highest BCUT2D eigenvalue weighted by molar-refractivity contribution is 9.10. The molecule has 6 nitrogen and oxygen atoms in total. The lowest BCUT2D eigenvalue weighted by atomic mass is 10.1. The van der Waals surface area contributed by atoms with Gasteiger partial charge in [0.1, 0.15) is 0 Å². The van der Waals surface area contributed by atoms with Gasteiger partial charge >= 0.3 is 0 Å². The van der Waals surface area contributed by atoms with Crippen LogP contribution in [-0.4, -0.2) is 55.8 Å². The van der Waals surface area contributed by atoms with Gasteiger partial charge in [0.2, 0.25) is 10.0 Å². The Bertz CT molecular complexity index is 953. The van der Waals surface area contributed by atoms with Crippen LogP contribution in [-0.2, 0) is 21.4 Å².